The predicted molar refractivity (Wildman–Crippen MR) is 117 cm³/mol. The maximum absolute atomic E-state index is 12.3. The summed E-state index contributed by atoms with van der Waals surface area (Å²) in [4.78, 5) is 38.1. The van der Waals surface area contributed by atoms with Gasteiger partial charge in [-0.3, -0.25) is 19.8 Å². The highest BCUT2D eigenvalue weighted by molar-refractivity contribution is 6.31. The number of hydrogen-bond donors (Lipinski definition) is 3. The lowest BCUT2D eigenvalue weighted by atomic mass is 9.78. The number of ether oxygens (including phenoxy) is 1. The van der Waals surface area contributed by atoms with Crippen LogP contribution in [0.2, 0.25) is 5.02 Å². The van der Waals surface area contributed by atoms with E-state index in [1.165, 1.54) is 12.0 Å². The van der Waals surface area contributed by atoms with E-state index in [2.05, 4.69) is 29.8 Å². The largest absolute Gasteiger partial charge is 0.495 e. The molecule has 1 aromatic carbocycles. The molecular formula is C21H31ClN4O4. The van der Waals surface area contributed by atoms with E-state index >= 15 is 0 Å². The van der Waals surface area contributed by atoms with Gasteiger partial charge in [0.2, 0.25) is 11.8 Å². The zero-order chi connectivity index (χ0) is 22.3. The van der Waals surface area contributed by atoms with Gasteiger partial charge in [0.05, 0.1) is 25.9 Å². The normalized spacial score (nSPS) is 21.1. The van der Waals surface area contributed by atoms with Gasteiger partial charge in [0.15, 0.2) is 0 Å². The summed E-state index contributed by atoms with van der Waals surface area (Å²) in [5, 5.41) is 8.42. The van der Waals surface area contributed by atoms with Crippen LogP contribution in [0.25, 0.3) is 0 Å². The highest BCUT2D eigenvalue weighted by Gasteiger charge is 2.28. The quantitative estimate of drug-likeness (QED) is 0.607. The minimum Gasteiger partial charge on any atom is -0.495 e. The molecule has 3 N–H and O–H groups in total. The molecule has 8 nitrogen and oxygen atoms in total. The minimum absolute atomic E-state index is 0.0398. The third kappa shape index (κ3) is 7.18. The number of amides is 4. The van der Waals surface area contributed by atoms with Crippen LogP contribution in [-0.2, 0) is 9.59 Å². The minimum atomic E-state index is -0.493. The van der Waals surface area contributed by atoms with Gasteiger partial charge in [0.1, 0.15) is 5.75 Å². The first-order valence-corrected chi connectivity index (χ1v) is 10.5. The first-order valence-electron chi connectivity index (χ1n) is 10.1. The van der Waals surface area contributed by atoms with Crippen LogP contribution in [0.3, 0.4) is 0 Å². The number of carbonyl (C=O) groups excluding carboxylic acids is 3. The molecule has 30 heavy (non-hydrogen) atoms. The number of rotatable bonds is 7. The number of urea groups is 1. The molecule has 0 spiro atoms. The Bertz CT molecular complexity index is 773. The molecule has 0 aromatic heterocycles. The van der Waals surface area contributed by atoms with Crippen molar-refractivity contribution in [2.45, 2.75) is 39.2 Å². The Hall–Kier alpha value is -2.32. The SMILES string of the molecule is COc1ccc(Cl)cc1NC(=O)CN(C)CC(=O)NC(=O)N[C@H]1CCC[C@@H](C)[C@H]1C. The standard InChI is InChI=1S/C21H31ClN4O4/c1-13-6-5-7-16(14(13)2)24-21(29)25-20(28)12-26(3)11-19(27)23-17-10-15(22)8-9-18(17)30-4/h8-10,13-14,16H,5-7,11-12H2,1-4H3,(H,23,27)(H2,24,25,28,29)/t13-,14-,16+/m1/s1. The molecule has 1 aromatic rings. The Balaban J connectivity index is 1.78. The predicted octanol–water partition coefficient (Wildman–Crippen LogP) is 2.87. The lowest BCUT2D eigenvalue weighted by molar-refractivity contribution is -0.122. The van der Waals surface area contributed by atoms with Crippen molar-refractivity contribution in [3.05, 3.63) is 23.2 Å². The molecule has 2 rings (SSSR count). The lowest BCUT2D eigenvalue weighted by Crippen LogP contribution is -2.51. The zero-order valence-electron chi connectivity index (χ0n) is 18.0. The molecule has 3 atom stereocenters. The molecule has 0 heterocycles. The van der Waals surface area contributed by atoms with Crippen molar-refractivity contribution >= 4 is 35.1 Å². The molecular weight excluding hydrogens is 408 g/mol. The molecule has 0 saturated heterocycles. The van der Waals surface area contributed by atoms with Crippen LogP contribution in [0.4, 0.5) is 10.5 Å². The van der Waals surface area contributed by atoms with Gasteiger partial charge in [-0.2, -0.15) is 0 Å². The van der Waals surface area contributed by atoms with E-state index in [0.717, 1.165) is 19.3 Å². The fourth-order valence-corrected chi connectivity index (χ4v) is 3.84. The van der Waals surface area contributed by atoms with Gasteiger partial charge < -0.3 is 15.4 Å². The van der Waals surface area contributed by atoms with Crippen molar-refractivity contribution in [2.75, 3.05) is 32.6 Å². The third-order valence-corrected chi connectivity index (χ3v) is 5.77. The van der Waals surface area contributed by atoms with Crippen molar-refractivity contribution in [3.63, 3.8) is 0 Å². The zero-order valence-corrected chi connectivity index (χ0v) is 18.7. The molecule has 1 saturated carbocycles. The number of nitrogens with zero attached hydrogens (tertiary/aromatic N) is 1. The van der Waals surface area contributed by atoms with E-state index in [1.807, 2.05) is 0 Å². The topological polar surface area (TPSA) is 99.8 Å². The second kappa shape index (κ2) is 11.2. The summed E-state index contributed by atoms with van der Waals surface area (Å²) in [6, 6.07) is 4.47. The molecule has 0 bridgehead atoms. The summed E-state index contributed by atoms with van der Waals surface area (Å²) in [5.74, 6) is 0.591. The fraction of sp³-hybridized carbons (Fsp3) is 0.571. The Morgan fingerprint density at radius 1 is 1.17 bits per heavy atom. The summed E-state index contributed by atoms with van der Waals surface area (Å²) in [7, 11) is 3.12. The number of anilines is 1. The number of halogens is 1. The van der Waals surface area contributed by atoms with Crippen molar-refractivity contribution in [2.24, 2.45) is 11.8 Å². The number of nitrogens with one attached hydrogen (secondary N) is 3. The Kier molecular flexibility index (Phi) is 8.92. The maximum Gasteiger partial charge on any atom is 0.321 e. The fourth-order valence-electron chi connectivity index (χ4n) is 3.67. The third-order valence-electron chi connectivity index (χ3n) is 5.54. The van der Waals surface area contributed by atoms with Crippen LogP contribution in [0.5, 0.6) is 5.75 Å². The Morgan fingerprint density at radius 2 is 1.87 bits per heavy atom. The van der Waals surface area contributed by atoms with Gasteiger partial charge in [0, 0.05) is 11.1 Å². The Morgan fingerprint density at radius 3 is 2.57 bits per heavy atom. The highest BCUT2D eigenvalue weighted by Crippen LogP contribution is 2.29. The average Bonchev–Trinajstić information content (AvgIpc) is 2.65. The first kappa shape index (κ1) is 24.0. The van der Waals surface area contributed by atoms with E-state index in [-0.39, 0.29) is 25.0 Å². The van der Waals surface area contributed by atoms with E-state index in [9.17, 15) is 14.4 Å². The first-order chi connectivity index (χ1) is 14.2. The van der Waals surface area contributed by atoms with Crippen LogP contribution >= 0.6 is 11.6 Å². The number of likely N-dealkylation sites (N-methyl/N-ethyl adjacent to an activating group) is 1. The van der Waals surface area contributed by atoms with Gasteiger partial charge >= 0.3 is 6.03 Å². The van der Waals surface area contributed by atoms with E-state index in [4.69, 9.17) is 16.3 Å². The van der Waals surface area contributed by atoms with Crippen molar-refractivity contribution in [3.8, 4) is 5.75 Å². The van der Waals surface area contributed by atoms with Gasteiger partial charge in [-0.05, 0) is 43.5 Å². The summed E-state index contributed by atoms with van der Waals surface area (Å²) in [5.41, 5.74) is 0.447. The number of hydrogen-bond acceptors (Lipinski definition) is 5. The monoisotopic (exact) mass is 438 g/mol. The lowest BCUT2D eigenvalue weighted by Gasteiger charge is -2.34. The molecule has 0 aliphatic heterocycles. The summed E-state index contributed by atoms with van der Waals surface area (Å²) in [6.45, 7) is 4.17. The van der Waals surface area contributed by atoms with Crippen LogP contribution in [0.1, 0.15) is 33.1 Å². The molecule has 4 amide bonds. The summed E-state index contributed by atoms with van der Waals surface area (Å²) in [6.07, 6.45) is 3.15. The molecule has 1 fully saturated rings. The van der Waals surface area contributed by atoms with Crippen molar-refractivity contribution in [1.82, 2.24) is 15.5 Å². The summed E-state index contributed by atoms with van der Waals surface area (Å²) < 4.78 is 5.20. The van der Waals surface area contributed by atoms with Gasteiger partial charge in [-0.15, -0.1) is 0 Å². The molecule has 9 heteroatoms. The van der Waals surface area contributed by atoms with E-state index in [1.54, 1.807) is 25.2 Å². The second-order valence-electron chi connectivity index (χ2n) is 7.96. The number of imide groups is 1. The molecule has 166 valence electrons. The molecule has 1 aliphatic rings. The van der Waals surface area contributed by atoms with Gasteiger partial charge in [-0.25, -0.2) is 4.79 Å². The van der Waals surface area contributed by atoms with Crippen molar-refractivity contribution in [1.29, 1.82) is 0 Å². The van der Waals surface area contributed by atoms with Crippen LogP contribution in [-0.4, -0.2) is 56.0 Å². The molecule has 1 aliphatic carbocycles. The smallest absolute Gasteiger partial charge is 0.321 e. The highest BCUT2D eigenvalue weighted by atomic mass is 35.5. The number of benzene rings is 1. The second-order valence-corrected chi connectivity index (χ2v) is 8.40. The van der Waals surface area contributed by atoms with Gasteiger partial charge in [-0.1, -0.05) is 38.3 Å². The van der Waals surface area contributed by atoms with Crippen LogP contribution in [0.15, 0.2) is 18.2 Å². The Labute approximate surface area is 182 Å². The summed E-state index contributed by atoms with van der Waals surface area (Å²) >= 11 is 5.96. The molecule has 0 unspecified atom stereocenters. The van der Waals surface area contributed by atoms with Crippen molar-refractivity contribution < 1.29 is 19.1 Å². The van der Waals surface area contributed by atoms with Crippen LogP contribution < -0.4 is 20.7 Å². The number of methoxy groups -OCH3 is 1. The van der Waals surface area contributed by atoms with E-state index in [0.29, 0.717) is 28.3 Å². The molecule has 0 radical (unpaired) electrons. The van der Waals surface area contributed by atoms with Crippen LogP contribution in [0, 0.1) is 11.8 Å². The average molecular weight is 439 g/mol. The maximum atomic E-state index is 12.3. The number of carbonyl (C=O) groups is 3. The van der Waals surface area contributed by atoms with E-state index < -0.39 is 11.9 Å². The van der Waals surface area contributed by atoms with Gasteiger partial charge in [0.25, 0.3) is 0 Å².